The molecule has 90 valence electrons. The zero-order valence-electron chi connectivity index (χ0n) is 9.89. The van der Waals surface area contributed by atoms with Gasteiger partial charge in [0, 0.05) is 44.3 Å². The van der Waals surface area contributed by atoms with Crippen LogP contribution in [0.5, 0.6) is 0 Å². The summed E-state index contributed by atoms with van der Waals surface area (Å²) in [6.07, 6.45) is 3.06. The molecule has 0 aromatic heterocycles. The topological polar surface area (TPSA) is 32.8 Å². The minimum atomic E-state index is 0.238. The van der Waals surface area contributed by atoms with Crippen LogP contribution < -0.4 is 0 Å². The molecule has 0 saturated carbocycles. The maximum Gasteiger partial charge on any atom is 0.226 e. The summed E-state index contributed by atoms with van der Waals surface area (Å²) in [5.74, 6) is 0.639. The van der Waals surface area contributed by atoms with Crippen molar-refractivity contribution in [2.24, 2.45) is 5.92 Å². The lowest BCUT2D eigenvalue weighted by molar-refractivity contribution is -0.160. The number of amides is 1. The Morgan fingerprint density at radius 1 is 1.19 bits per heavy atom. The summed E-state index contributed by atoms with van der Waals surface area (Å²) in [7, 11) is 2.15. The fourth-order valence-corrected chi connectivity index (χ4v) is 3.34. The van der Waals surface area contributed by atoms with E-state index >= 15 is 0 Å². The van der Waals surface area contributed by atoms with E-state index in [9.17, 15) is 4.79 Å². The second-order valence-corrected chi connectivity index (χ2v) is 5.40. The van der Waals surface area contributed by atoms with Crippen LogP contribution in [0.15, 0.2) is 0 Å². The minimum Gasteiger partial charge on any atom is -0.381 e. The number of piperidine rings is 1. The number of fused-ring (bicyclic) bond motifs is 2. The van der Waals surface area contributed by atoms with Crippen molar-refractivity contribution in [3.63, 3.8) is 0 Å². The molecule has 4 rings (SSSR count). The van der Waals surface area contributed by atoms with Gasteiger partial charge >= 0.3 is 0 Å². The predicted molar refractivity (Wildman–Crippen MR) is 60.1 cm³/mol. The highest BCUT2D eigenvalue weighted by Crippen LogP contribution is 2.34. The third-order valence-electron chi connectivity index (χ3n) is 4.20. The molecule has 4 fully saturated rings. The lowest BCUT2D eigenvalue weighted by Crippen LogP contribution is -2.70. The molecular weight excluding hydrogens is 204 g/mol. The Labute approximate surface area is 96.5 Å². The van der Waals surface area contributed by atoms with E-state index in [4.69, 9.17) is 4.74 Å². The molecule has 16 heavy (non-hydrogen) atoms. The first-order valence-electron chi connectivity index (χ1n) is 6.34. The van der Waals surface area contributed by atoms with Gasteiger partial charge in [-0.3, -0.25) is 4.79 Å². The van der Waals surface area contributed by atoms with Crippen molar-refractivity contribution in [3.05, 3.63) is 0 Å². The average molecular weight is 224 g/mol. The number of carbonyl (C=O) groups is 1. The number of nitrogens with zero attached hydrogens (tertiary/aromatic N) is 2. The molecular formula is C12H20N2O2. The molecule has 0 spiro atoms. The molecule has 2 atom stereocenters. The van der Waals surface area contributed by atoms with Crippen LogP contribution in [0.2, 0.25) is 0 Å². The van der Waals surface area contributed by atoms with E-state index in [0.717, 1.165) is 39.1 Å². The van der Waals surface area contributed by atoms with E-state index in [1.807, 2.05) is 0 Å². The monoisotopic (exact) mass is 224 g/mol. The molecule has 2 bridgehead atoms. The summed E-state index contributed by atoms with van der Waals surface area (Å²) in [5.41, 5.74) is 0. The Hall–Kier alpha value is -0.610. The number of rotatable bonds is 1. The quantitative estimate of drug-likeness (QED) is 0.643. The second-order valence-electron chi connectivity index (χ2n) is 5.40. The smallest absolute Gasteiger partial charge is 0.226 e. The summed E-state index contributed by atoms with van der Waals surface area (Å²) in [5, 5.41) is 0. The molecule has 4 heteroatoms. The third-order valence-corrected chi connectivity index (χ3v) is 4.20. The van der Waals surface area contributed by atoms with Crippen molar-refractivity contribution >= 4 is 5.91 Å². The molecule has 0 aliphatic carbocycles. The first-order chi connectivity index (χ1) is 7.75. The van der Waals surface area contributed by atoms with Crippen molar-refractivity contribution in [2.75, 3.05) is 33.4 Å². The average Bonchev–Trinajstić information content (AvgIpc) is 2.29. The highest BCUT2D eigenvalue weighted by Gasteiger charge is 2.47. The third kappa shape index (κ3) is 1.64. The fourth-order valence-electron chi connectivity index (χ4n) is 3.34. The first-order valence-corrected chi connectivity index (χ1v) is 6.34. The number of likely N-dealkylation sites (N-methyl/N-ethyl adjacent to an activating group) is 1. The van der Waals surface area contributed by atoms with Crippen LogP contribution in [0.4, 0.5) is 0 Å². The zero-order chi connectivity index (χ0) is 11.1. The Bertz CT molecular complexity index is 277. The van der Waals surface area contributed by atoms with Crippen LogP contribution in [0.3, 0.4) is 0 Å². The lowest BCUT2D eigenvalue weighted by atomic mass is 9.85. The van der Waals surface area contributed by atoms with Crippen LogP contribution in [0, 0.1) is 5.92 Å². The van der Waals surface area contributed by atoms with Gasteiger partial charge in [0.25, 0.3) is 0 Å². The summed E-state index contributed by atoms with van der Waals surface area (Å²) >= 11 is 0. The van der Waals surface area contributed by atoms with Crippen LogP contribution in [0.25, 0.3) is 0 Å². The van der Waals surface area contributed by atoms with Gasteiger partial charge in [0.15, 0.2) is 0 Å². The summed E-state index contributed by atoms with van der Waals surface area (Å²) in [6, 6.07) is 0.998. The van der Waals surface area contributed by atoms with Crippen LogP contribution in [-0.2, 0) is 9.53 Å². The number of piperazine rings is 1. The minimum absolute atomic E-state index is 0.238. The number of hydrogen-bond acceptors (Lipinski definition) is 3. The molecule has 0 aromatic rings. The Kier molecular flexibility index (Phi) is 2.64. The predicted octanol–water partition coefficient (Wildman–Crippen LogP) is 0.328. The van der Waals surface area contributed by atoms with Gasteiger partial charge in [0.2, 0.25) is 5.91 Å². The van der Waals surface area contributed by atoms with Gasteiger partial charge in [-0.05, 0) is 26.3 Å². The van der Waals surface area contributed by atoms with E-state index in [1.165, 1.54) is 6.42 Å². The summed E-state index contributed by atoms with van der Waals surface area (Å²) in [4.78, 5) is 16.9. The van der Waals surface area contributed by atoms with Crippen LogP contribution in [-0.4, -0.2) is 61.1 Å². The number of ether oxygens (including phenoxy) is 1. The van der Waals surface area contributed by atoms with E-state index in [0.29, 0.717) is 18.0 Å². The van der Waals surface area contributed by atoms with E-state index in [-0.39, 0.29) is 5.92 Å². The molecule has 4 aliphatic rings. The largest absolute Gasteiger partial charge is 0.381 e. The van der Waals surface area contributed by atoms with E-state index in [1.54, 1.807) is 0 Å². The molecule has 4 nitrogen and oxygen atoms in total. The molecule has 0 N–H and O–H groups in total. The lowest BCUT2D eigenvalue weighted by Gasteiger charge is -2.56. The van der Waals surface area contributed by atoms with Crippen molar-refractivity contribution < 1.29 is 9.53 Å². The Morgan fingerprint density at radius 3 is 2.44 bits per heavy atom. The molecule has 4 heterocycles. The Morgan fingerprint density at radius 2 is 1.81 bits per heavy atom. The van der Waals surface area contributed by atoms with Gasteiger partial charge in [0.1, 0.15) is 0 Å². The van der Waals surface area contributed by atoms with Gasteiger partial charge in [-0.25, -0.2) is 0 Å². The Balaban J connectivity index is 1.63. The second kappa shape index (κ2) is 4.00. The molecule has 1 amide bonds. The molecule has 0 aromatic carbocycles. The van der Waals surface area contributed by atoms with Crippen LogP contribution in [0.1, 0.15) is 19.3 Å². The van der Waals surface area contributed by atoms with Crippen LogP contribution >= 0.6 is 0 Å². The number of carbonyl (C=O) groups excluding carboxylic acids is 1. The summed E-state index contributed by atoms with van der Waals surface area (Å²) in [6.45, 7) is 3.65. The van der Waals surface area contributed by atoms with Crippen molar-refractivity contribution in [1.29, 1.82) is 0 Å². The maximum absolute atomic E-state index is 12.4. The standard InChI is InChI=1S/C12H20N2O2/c1-13-7-10-6-11(8-13)14(10)12(15)9-2-4-16-5-3-9/h9-11H,2-8H2,1H3. The van der Waals surface area contributed by atoms with Gasteiger partial charge in [-0.2, -0.15) is 0 Å². The van der Waals surface area contributed by atoms with Crippen molar-refractivity contribution in [3.8, 4) is 0 Å². The van der Waals surface area contributed by atoms with E-state index in [2.05, 4.69) is 16.8 Å². The van der Waals surface area contributed by atoms with Crippen molar-refractivity contribution in [1.82, 2.24) is 9.80 Å². The van der Waals surface area contributed by atoms with Gasteiger partial charge in [0.05, 0.1) is 0 Å². The van der Waals surface area contributed by atoms with Gasteiger partial charge in [-0.1, -0.05) is 0 Å². The van der Waals surface area contributed by atoms with Gasteiger partial charge < -0.3 is 14.5 Å². The number of hydrogen-bond donors (Lipinski definition) is 0. The normalized spacial score (nSPS) is 35.9. The fraction of sp³-hybridized carbons (Fsp3) is 0.917. The molecule has 0 radical (unpaired) electrons. The van der Waals surface area contributed by atoms with Gasteiger partial charge in [-0.15, -0.1) is 0 Å². The SMILES string of the molecule is CN1CC2CC(C1)N2C(=O)C1CCOCC1. The maximum atomic E-state index is 12.4. The molecule has 4 aliphatic heterocycles. The van der Waals surface area contributed by atoms with E-state index < -0.39 is 0 Å². The molecule has 4 saturated heterocycles. The van der Waals surface area contributed by atoms with Crippen molar-refractivity contribution in [2.45, 2.75) is 31.3 Å². The highest BCUT2D eigenvalue weighted by atomic mass is 16.5. The first kappa shape index (κ1) is 10.5. The summed E-state index contributed by atoms with van der Waals surface area (Å²) < 4.78 is 5.31. The molecule has 2 unspecified atom stereocenters. The zero-order valence-corrected chi connectivity index (χ0v) is 9.89. The highest BCUT2D eigenvalue weighted by molar-refractivity contribution is 5.80.